The number of sulfonamides is 1. The van der Waals surface area contributed by atoms with Crippen LogP contribution in [0.25, 0.3) is 0 Å². The summed E-state index contributed by atoms with van der Waals surface area (Å²) < 4.78 is 40.6. The van der Waals surface area contributed by atoms with E-state index in [2.05, 4.69) is 5.32 Å². The molecular weight excluding hydrogens is 391 g/mol. The topological polar surface area (TPSA) is 66.5 Å². The van der Waals surface area contributed by atoms with Crippen molar-refractivity contribution in [3.05, 3.63) is 59.4 Å². The molecule has 1 N–H and O–H groups in total. The van der Waals surface area contributed by atoms with Gasteiger partial charge in [0.05, 0.1) is 15.6 Å². The Morgan fingerprint density at radius 2 is 1.78 bits per heavy atom. The molecule has 0 spiro atoms. The number of nitrogens with zero attached hydrogens (tertiary/aromatic N) is 1. The molecule has 1 atom stereocenters. The third-order valence-electron chi connectivity index (χ3n) is 4.20. The summed E-state index contributed by atoms with van der Waals surface area (Å²) in [5, 5.41) is 2.55. The maximum Gasteiger partial charge on any atom is 0.264 e. The first-order chi connectivity index (χ1) is 12.6. The fourth-order valence-electron chi connectivity index (χ4n) is 2.27. The number of rotatable bonds is 7. The quantitative estimate of drug-likeness (QED) is 0.751. The Kier molecular flexibility index (Phi) is 6.84. The molecule has 2 aromatic rings. The summed E-state index contributed by atoms with van der Waals surface area (Å²) in [6.45, 7) is 5.29. The number of halogens is 2. The maximum absolute atomic E-state index is 13.5. The molecule has 0 radical (unpaired) electrons. The first kappa shape index (κ1) is 21.2. The van der Waals surface area contributed by atoms with Gasteiger partial charge < -0.3 is 5.32 Å². The van der Waals surface area contributed by atoms with Gasteiger partial charge in [-0.3, -0.25) is 9.10 Å². The second-order valence-corrected chi connectivity index (χ2v) is 8.79. The van der Waals surface area contributed by atoms with Crippen molar-refractivity contribution in [3.8, 4) is 0 Å². The van der Waals surface area contributed by atoms with Crippen LogP contribution >= 0.6 is 11.6 Å². The minimum Gasteiger partial charge on any atom is -0.352 e. The molecule has 0 fully saturated rings. The molecule has 1 amide bonds. The zero-order valence-corrected chi connectivity index (χ0v) is 16.9. The number of nitrogens with one attached hydrogen (secondary N) is 1. The molecule has 2 rings (SSSR count). The SMILES string of the molecule is CC(C)[C@H](C)NC(=O)CN(c1ccc(F)c(Cl)c1)S(=O)(=O)c1ccccc1. The van der Waals surface area contributed by atoms with Gasteiger partial charge in [0.25, 0.3) is 10.0 Å². The van der Waals surface area contributed by atoms with E-state index in [1.54, 1.807) is 18.2 Å². The highest BCUT2D eigenvalue weighted by Crippen LogP contribution is 2.27. The number of amides is 1. The van der Waals surface area contributed by atoms with Gasteiger partial charge in [-0.25, -0.2) is 12.8 Å². The van der Waals surface area contributed by atoms with Crippen LogP contribution in [-0.2, 0) is 14.8 Å². The summed E-state index contributed by atoms with van der Waals surface area (Å²) in [5.74, 6) is -0.945. The van der Waals surface area contributed by atoms with E-state index in [9.17, 15) is 17.6 Å². The normalized spacial score (nSPS) is 12.7. The Balaban J connectivity index is 2.43. The van der Waals surface area contributed by atoms with Crippen molar-refractivity contribution in [2.24, 2.45) is 5.92 Å². The van der Waals surface area contributed by atoms with Crippen LogP contribution in [0, 0.1) is 11.7 Å². The van der Waals surface area contributed by atoms with Gasteiger partial charge in [-0.2, -0.15) is 0 Å². The average Bonchev–Trinajstić information content (AvgIpc) is 2.62. The molecule has 0 saturated heterocycles. The number of anilines is 1. The molecule has 0 saturated carbocycles. The van der Waals surface area contributed by atoms with Crippen molar-refractivity contribution >= 4 is 33.2 Å². The zero-order valence-electron chi connectivity index (χ0n) is 15.3. The number of hydrogen-bond acceptors (Lipinski definition) is 3. The van der Waals surface area contributed by atoms with Crippen molar-refractivity contribution in [2.75, 3.05) is 10.8 Å². The van der Waals surface area contributed by atoms with E-state index in [0.717, 1.165) is 10.4 Å². The molecule has 0 aliphatic heterocycles. The summed E-state index contributed by atoms with van der Waals surface area (Å²) in [6.07, 6.45) is 0. The largest absolute Gasteiger partial charge is 0.352 e. The summed E-state index contributed by atoms with van der Waals surface area (Å²) in [5.41, 5.74) is 0.109. The second-order valence-electron chi connectivity index (χ2n) is 6.52. The van der Waals surface area contributed by atoms with E-state index in [1.165, 1.54) is 24.3 Å². The third kappa shape index (κ3) is 5.20. The molecule has 0 aromatic heterocycles. The Morgan fingerprint density at radius 3 is 2.33 bits per heavy atom. The molecule has 5 nitrogen and oxygen atoms in total. The molecule has 0 bridgehead atoms. The van der Waals surface area contributed by atoms with Crippen LogP contribution in [0.4, 0.5) is 10.1 Å². The minimum atomic E-state index is -4.04. The van der Waals surface area contributed by atoms with Crippen molar-refractivity contribution in [1.82, 2.24) is 5.32 Å². The van der Waals surface area contributed by atoms with Crippen molar-refractivity contribution in [3.63, 3.8) is 0 Å². The van der Waals surface area contributed by atoms with E-state index in [0.29, 0.717) is 0 Å². The van der Waals surface area contributed by atoms with Gasteiger partial charge in [-0.1, -0.05) is 43.6 Å². The van der Waals surface area contributed by atoms with E-state index in [-0.39, 0.29) is 27.6 Å². The van der Waals surface area contributed by atoms with Crippen molar-refractivity contribution in [2.45, 2.75) is 31.7 Å². The lowest BCUT2D eigenvalue weighted by molar-refractivity contribution is -0.120. The monoisotopic (exact) mass is 412 g/mol. The predicted octanol–water partition coefficient (Wildman–Crippen LogP) is 3.84. The molecule has 8 heteroatoms. The van der Waals surface area contributed by atoms with Gasteiger partial charge in [-0.05, 0) is 43.2 Å². The van der Waals surface area contributed by atoms with Gasteiger partial charge in [0, 0.05) is 6.04 Å². The summed E-state index contributed by atoms with van der Waals surface area (Å²) >= 11 is 5.82. The molecule has 0 unspecified atom stereocenters. The molecular formula is C19H22ClFN2O3S. The Morgan fingerprint density at radius 1 is 1.15 bits per heavy atom. The fourth-order valence-corrected chi connectivity index (χ4v) is 3.88. The summed E-state index contributed by atoms with van der Waals surface area (Å²) in [7, 11) is -4.04. The smallest absolute Gasteiger partial charge is 0.264 e. The lowest BCUT2D eigenvalue weighted by Crippen LogP contribution is -2.45. The van der Waals surface area contributed by atoms with Crippen LogP contribution in [0.1, 0.15) is 20.8 Å². The van der Waals surface area contributed by atoms with Crippen molar-refractivity contribution < 1.29 is 17.6 Å². The van der Waals surface area contributed by atoms with Crippen LogP contribution in [0.5, 0.6) is 0 Å². The highest BCUT2D eigenvalue weighted by molar-refractivity contribution is 7.92. The highest BCUT2D eigenvalue weighted by atomic mass is 35.5. The van der Waals surface area contributed by atoms with Crippen LogP contribution in [0.15, 0.2) is 53.4 Å². The highest BCUT2D eigenvalue weighted by Gasteiger charge is 2.28. The van der Waals surface area contributed by atoms with Gasteiger partial charge in [0.2, 0.25) is 5.91 Å². The van der Waals surface area contributed by atoms with Gasteiger partial charge in [0.15, 0.2) is 0 Å². The van der Waals surface area contributed by atoms with E-state index >= 15 is 0 Å². The number of carbonyl (C=O) groups excluding carboxylic acids is 1. The van der Waals surface area contributed by atoms with Crippen molar-refractivity contribution in [1.29, 1.82) is 0 Å². The minimum absolute atomic E-state index is 0.0233. The lowest BCUT2D eigenvalue weighted by atomic mass is 10.1. The van der Waals surface area contributed by atoms with E-state index in [1.807, 2.05) is 20.8 Å². The van der Waals surface area contributed by atoms with Gasteiger partial charge in [-0.15, -0.1) is 0 Å². The average molecular weight is 413 g/mol. The van der Waals surface area contributed by atoms with Crippen LogP contribution in [-0.4, -0.2) is 26.9 Å². The molecule has 27 heavy (non-hydrogen) atoms. The molecule has 0 aliphatic rings. The van der Waals surface area contributed by atoms with E-state index < -0.39 is 28.3 Å². The summed E-state index contributed by atoms with van der Waals surface area (Å²) in [6, 6.07) is 11.1. The molecule has 146 valence electrons. The lowest BCUT2D eigenvalue weighted by Gasteiger charge is -2.26. The second kappa shape index (κ2) is 8.71. The Bertz CT molecular complexity index is 904. The number of benzene rings is 2. The standard InChI is InChI=1S/C19H22ClFN2O3S/c1-13(2)14(3)22-19(24)12-23(15-9-10-18(21)17(20)11-15)27(25,26)16-7-5-4-6-8-16/h4-11,13-14H,12H2,1-3H3,(H,22,24)/t14-/m0/s1. The molecule has 0 heterocycles. The van der Waals surface area contributed by atoms with Crippen LogP contribution in [0.3, 0.4) is 0 Å². The first-order valence-corrected chi connectivity index (χ1v) is 10.3. The number of hydrogen-bond donors (Lipinski definition) is 1. The maximum atomic E-state index is 13.5. The third-order valence-corrected chi connectivity index (χ3v) is 6.28. The Labute approximate surface area is 164 Å². The fraction of sp³-hybridized carbons (Fsp3) is 0.316. The van der Waals surface area contributed by atoms with Crippen LogP contribution in [0.2, 0.25) is 5.02 Å². The first-order valence-electron chi connectivity index (χ1n) is 8.45. The van der Waals surface area contributed by atoms with Gasteiger partial charge in [0.1, 0.15) is 12.4 Å². The van der Waals surface area contributed by atoms with Crippen LogP contribution < -0.4 is 9.62 Å². The zero-order chi connectivity index (χ0) is 20.2. The predicted molar refractivity (Wildman–Crippen MR) is 105 cm³/mol. The Hall–Kier alpha value is -2.12. The summed E-state index contributed by atoms with van der Waals surface area (Å²) in [4.78, 5) is 12.5. The molecule has 0 aliphatic carbocycles. The number of carbonyl (C=O) groups is 1. The van der Waals surface area contributed by atoms with E-state index in [4.69, 9.17) is 11.6 Å². The molecule has 2 aromatic carbocycles. The van der Waals surface area contributed by atoms with Gasteiger partial charge >= 0.3 is 0 Å².